The van der Waals surface area contributed by atoms with E-state index < -0.39 is 6.67 Å². The third-order valence-electron chi connectivity index (χ3n) is 1.51. The molecule has 0 aliphatic carbocycles. The quantitative estimate of drug-likeness (QED) is 0.629. The number of Topliss-reactive ketones (excluding diaryl/α,β-unsaturated/α-hetero) is 1. The highest BCUT2D eigenvalue weighted by Gasteiger charge is 2.12. The number of carbonyl (C=O) groups excluding carboxylic acids is 1. The van der Waals surface area contributed by atoms with Crippen LogP contribution in [0.25, 0.3) is 0 Å². The van der Waals surface area contributed by atoms with Gasteiger partial charge < -0.3 is 5.11 Å². The van der Waals surface area contributed by atoms with Gasteiger partial charge in [-0.05, 0) is 19.8 Å². The van der Waals surface area contributed by atoms with Gasteiger partial charge in [-0.15, -0.1) is 0 Å². The standard InChI is InChI=1S/C7H13FO2/c1-6(10)7(2-4-8)3-5-9/h7,9H,2-5H2,1H3. The first kappa shape index (κ1) is 9.56. The number of rotatable bonds is 5. The summed E-state index contributed by atoms with van der Waals surface area (Å²) >= 11 is 0. The van der Waals surface area contributed by atoms with Crippen LogP contribution in [0.4, 0.5) is 4.39 Å². The molecular formula is C7H13FO2. The summed E-state index contributed by atoms with van der Waals surface area (Å²) in [4.78, 5) is 10.6. The van der Waals surface area contributed by atoms with Crippen LogP contribution >= 0.6 is 0 Å². The van der Waals surface area contributed by atoms with E-state index in [2.05, 4.69) is 0 Å². The Bertz CT molecular complexity index is 97.8. The molecule has 1 unspecified atom stereocenters. The number of alkyl halides is 1. The van der Waals surface area contributed by atoms with Crippen molar-refractivity contribution in [3.63, 3.8) is 0 Å². The smallest absolute Gasteiger partial charge is 0.133 e. The van der Waals surface area contributed by atoms with Crippen LogP contribution in [0, 0.1) is 5.92 Å². The van der Waals surface area contributed by atoms with Gasteiger partial charge in [-0.25, -0.2) is 0 Å². The second-order valence-electron chi connectivity index (χ2n) is 2.30. The Hall–Kier alpha value is -0.440. The lowest BCUT2D eigenvalue weighted by Crippen LogP contribution is -2.13. The van der Waals surface area contributed by atoms with Crippen LogP contribution in [-0.2, 0) is 4.79 Å². The average molecular weight is 148 g/mol. The van der Waals surface area contributed by atoms with Crippen LogP contribution in [0.3, 0.4) is 0 Å². The summed E-state index contributed by atoms with van der Waals surface area (Å²) in [5, 5.41) is 8.44. The van der Waals surface area contributed by atoms with Crippen LogP contribution in [0.15, 0.2) is 0 Å². The zero-order valence-corrected chi connectivity index (χ0v) is 6.14. The number of hydrogen-bond donors (Lipinski definition) is 1. The monoisotopic (exact) mass is 148 g/mol. The van der Waals surface area contributed by atoms with Crippen LogP contribution in [0.2, 0.25) is 0 Å². The molecule has 2 nitrogen and oxygen atoms in total. The van der Waals surface area contributed by atoms with E-state index in [1.165, 1.54) is 6.92 Å². The molecule has 0 aliphatic rings. The van der Waals surface area contributed by atoms with E-state index in [1.807, 2.05) is 0 Å². The lowest BCUT2D eigenvalue weighted by Gasteiger charge is -2.08. The van der Waals surface area contributed by atoms with Crippen LogP contribution in [0.1, 0.15) is 19.8 Å². The molecule has 0 fully saturated rings. The highest BCUT2D eigenvalue weighted by Crippen LogP contribution is 2.08. The Morgan fingerprint density at radius 1 is 1.60 bits per heavy atom. The molecule has 0 radical (unpaired) electrons. The van der Waals surface area contributed by atoms with Crippen molar-refractivity contribution in [2.45, 2.75) is 19.8 Å². The summed E-state index contributed by atoms with van der Waals surface area (Å²) in [6.07, 6.45) is 0.634. The molecule has 1 atom stereocenters. The first-order valence-corrected chi connectivity index (χ1v) is 3.39. The van der Waals surface area contributed by atoms with E-state index >= 15 is 0 Å². The van der Waals surface area contributed by atoms with Crippen molar-refractivity contribution in [2.75, 3.05) is 13.3 Å². The summed E-state index contributed by atoms with van der Waals surface area (Å²) in [6, 6.07) is 0. The summed E-state index contributed by atoms with van der Waals surface area (Å²) in [5.41, 5.74) is 0. The van der Waals surface area contributed by atoms with E-state index in [1.54, 1.807) is 0 Å². The Kier molecular flexibility index (Phi) is 5.12. The molecule has 10 heavy (non-hydrogen) atoms. The second-order valence-corrected chi connectivity index (χ2v) is 2.30. The van der Waals surface area contributed by atoms with Gasteiger partial charge in [-0.3, -0.25) is 9.18 Å². The molecule has 1 N–H and O–H groups in total. The maximum absolute atomic E-state index is 11.7. The van der Waals surface area contributed by atoms with Gasteiger partial charge in [0.1, 0.15) is 5.78 Å². The first-order chi connectivity index (χ1) is 4.72. The number of aliphatic hydroxyl groups is 1. The van der Waals surface area contributed by atoms with Crippen molar-refractivity contribution < 1.29 is 14.3 Å². The van der Waals surface area contributed by atoms with E-state index in [-0.39, 0.29) is 24.7 Å². The van der Waals surface area contributed by atoms with Gasteiger partial charge in [0, 0.05) is 12.5 Å². The third kappa shape index (κ3) is 3.56. The van der Waals surface area contributed by atoms with Crippen molar-refractivity contribution >= 4 is 5.78 Å². The van der Waals surface area contributed by atoms with Crippen molar-refractivity contribution in [1.29, 1.82) is 0 Å². The highest BCUT2D eigenvalue weighted by molar-refractivity contribution is 5.78. The van der Waals surface area contributed by atoms with Gasteiger partial charge >= 0.3 is 0 Å². The SMILES string of the molecule is CC(=O)C(CCO)CCF. The fraction of sp³-hybridized carbons (Fsp3) is 0.857. The fourth-order valence-electron chi connectivity index (χ4n) is 0.838. The van der Waals surface area contributed by atoms with Crippen molar-refractivity contribution in [2.24, 2.45) is 5.92 Å². The van der Waals surface area contributed by atoms with E-state index in [0.29, 0.717) is 6.42 Å². The van der Waals surface area contributed by atoms with Crippen LogP contribution in [-0.4, -0.2) is 24.2 Å². The number of carbonyl (C=O) groups is 1. The van der Waals surface area contributed by atoms with Gasteiger partial charge in [0.25, 0.3) is 0 Å². The maximum atomic E-state index is 11.7. The van der Waals surface area contributed by atoms with E-state index in [0.717, 1.165) is 0 Å². The normalized spacial score (nSPS) is 13.1. The molecule has 0 aromatic rings. The minimum absolute atomic E-state index is 0.0355. The lowest BCUT2D eigenvalue weighted by atomic mass is 9.99. The number of hydrogen-bond acceptors (Lipinski definition) is 2. The molecule has 0 saturated carbocycles. The Labute approximate surface area is 60.1 Å². The van der Waals surface area contributed by atoms with Crippen molar-refractivity contribution in [1.82, 2.24) is 0 Å². The minimum Gasteiger partial charge on any atom is -0.396 e. The molecule has 0 rings (SSSR count). The zero-order chi connectivity index (χ0) is 7.98. The number of ketones is 1. The molecule has 0 spiro atoms. The molecule has 0 aromatic carbocycles. The molecule has 0 aliphatic heterocycles. The largest absolute Gasteiger partial charge is 0.396 e. The van der Waals surface area contributed by atoms with Crippen molar-refractivity contribution in [3.05, 3.63) is 0 Å². The van der Waals surface area contributed by atoms with Gasteiger partial charge in [-0.1, -0.05) is 0 Å². The minimum atomic E-state index is -0.482. The maximum Gasteiger partial charge on any atom is 0.133 e. The molecule has 0 saturated heterocycles. The Morgan fingerprint density at radius 2 is 2.20 bits per heavy atom. The lowest BCUT2D eigenvalue weighted by molar-refractivity contribution is -0.121. The molecule has 60 valence electrons. The Balaban J connectivity index is 3.61. The predicted octanol–water partition coefficient (Wildman–Crippen LogP) is 0.934. The second kappa shape index (κ2) is 5.35. The van der Waals surface area contributed by atoms with E-state index in [4.69, 9.17) is 5.11 Å². The summed E-state index contributed by atoms with van der Waals surface area (Å²) < 4.78 is 11.7. The fourth-order valence-corrected chi connectivity index (χ4v) is 0.838. The van der Waals surface area contributed by atoms with Gasteiger partial charge in [-0.2, -0.15) is 0 Å². The molecule has 0 heterocycles. The molecular weight excluding hydrogens is 135 g/mol. The van der Waals surface area contributed by atoms with Gasteiger partial charge in [0.05, 0.1) is 6.67 Å². The van der Waals surface area contributed by atoms with Crippen LogP contribution in [0.5, 0.6) is 0 Å². The van der Waals surface area contributed by atoms with E-state index in [9.17, 15) is 9.18 Å². The first-order valence-electron chi connectivity index (χ1n) is 3.39. The summed E-state index contributed by atoms with van der Waals surface area (Å²) in [5.74, 6) is -0.318. The predicted molar refractivity (Wildman–Crippen MR) is 36.5 cm³/mol. The average Bonchev–Trinajstić information content (AvgIpc) is 1.87. The van der Waals surface area contributed by atoms with Gasteiger partial charge in [0.2, 0.25) is 0 Å². The topological polar surface area (TPSA) is 37.3 Å². The molecule has 0 amide bonds. The molecule has 3 heteroatoms. The highest BCUT2D eigenvalue weighted by atomic mass is 19.1. The number of aliphatic hydroxyl groups excluding tert-OH is 1. The molecule has 0 aromatic heterocycles. The zero-order valence-electron chi connectivity index (χ0n) is 6.14. The van der Waals surface area contributed by atoms with Crippen molar-refractivity contribution in [3.8, 4) is 0 Å². The number of halogens is 1. The summed E-state index contributed by atoms with van der Waals surface area (Å²) in [6.45, 7) is 0.907. The summed E-state index contributed by atoms with van der Waals surface area (Å²) in [7, 11) is 0. The van der Waals surface area contributed by atoms with Crippen LogP contribution < -0.4 is 0 Å². The third-order valence-corrected chi connectivity index (χ3v) is 1.51. The Morgan fingerprint density at radius 3 is 2.50 bits per heavy atom. The van der Waals surface area contributed by atoms with Gasteiger partial charge in [0.15, 0.2) is 0 Å². The molecule has 0 bridgehead atoms.